The van der Waals surface area contributed by atoms with E-state index in [1.54, 1.807) is 0 Å². The average molecular weight is 305 g/mol. The second-order valence-electron chi connectivity index (χ2n) is 5.20. The predicted molar refractivity (Wildman–Crippen MR) is 91.6 cm³/mol. The molecule has 3 nitrogen and oxygen atoms in total. The van der Waals surface area contributed by atoms with Crippen molar-refractivity contribution in [2.24, 2.45) is 5.73 Å². The molecule has 0 heterocycles. The van der Waals surface area contributed by atoms with Crippen molar-refractivity contribution < 1.29 is 9.47 Å². The SMILES string of the molecule is NCc1ccc(Oc2cccc(OCc3ccccc3)c2)cc1. The van der Waals surface area contributed by atoms with Gasteiger partial charge >= 0.3 is 0 Å². The van der Waals surface area contributed by atoms with E-state index in [1.807, 2.05) is 78.9 Å². The van der Waals surface area contributed by atoms with Gasteiger partial charge in [0.25, 0.3) is 0 Å². The summed E-state index contributed by atoms with van der Waals surface area (Å²) in [5.74, 6) is 2.31. The van der Waals surface area contributed by atoms with Crippen molar-refractivity contribution >= 4 is 0 Å². The maximum absolute atomic E-state index is 5.85. The van der Waals surface area contributed by atoms with Crippen LogP contribution in [0.25, 0.3) is 0 Å². The van der Waals surface area contributed by atoms with Crippen LogP contribution in [0.1, 0.15) is 11.1 Å². The molecule has 0 unspecified atom stereocenters. The molecule has 0 aliphatic carbocycles. The van der Waals surface area contributed by atoms with Crippen LogP contribution >= 0.6 is 0 Å². The lowest BCUT2D eigenvalue weighted by atomic mass is 10.2. The van der Waals surface area contributed by atoms with Crippen molar-refractivity contribution in [1.29, 1.82) is 0 Å². The quantitative estimate of drug-likeness (QED) is 0.728. The molecule has 23 heavy (non-hydrogen) atoms. The monoisotopic (exact) mass is 305 g/mol. The fourth-order valence-corrected chi connectivity index (χ4v) is 2.20. The highest BCUT2D eigenvalue weighted by atomic mass is 16.5. The zero-order chi connectivity index (χ0) is 15.9. The molecule has 0 aliphatic heterocycles. The summed E-state index contributed by atoms with van der Waals surface area (Å²) in [5, 5.41) is 0. The van der Waals surface area contributed by atoms with Gasteiger partial charge in [-0.05, 0) is 35.4 Å². The van der Waals surface area contributed by atoms with E-state index in [-0.39, 0.29) is 0 Å². The summed E-state index contributed by atoms with van der Waals surface area (Å²) in [7, 11) is 0. The molecule has 3 heteroatoms. The fourth-order valence-electron chi connectivity index (χ4n) is 2.20. The Balaban J connectivity index is 1.64. The molecule has 0 atom stereocenters. The van der Waals surface area contributed by atoms with Gasteiger partial charge < -0.3 is 15.2 Å². The lowest BCUT2D eigenvalue weighted by Gasteiger charge is -2.10. The van der Waals surface area contributed by atoms with Crippen LogP contribution in [0.2, 0.25) is 0 Å². The summed E-state index contributed by atoms with van der Waals surface area (Å²) in [4.78, 5) is 0. The first-order valence-corrected chi connectivity index (χ1v) is 7.57. The first-order chi connectivity index (χ1) is 11.3. The van der Waals surface area contributed by atoms with Gasteiger partial charge in [0.05, 0.1) is 0 Å². The number of hydrogen-bond donors (Lipinski definition) is 1. The van der Waals surface area contributed by atoms with Crippen molar-refractivity contribution in [3.8, 4) is 17.2 Å². The second kappa shape index (κ2) is 7.47. The maximum Gasteiger partial charge on any atom is 0.131 e. The topological polar surface area (TPSA) is 44.5 Å². The molecule has 2 N–H and O–H groups in total. The minimum Gasteiger partial charge on any atom is -0.489 e. The zero-order valence-corrected chi connectivity index (χ0v) is 12.8. The average Bonchev–Trinajstić information content (AvgIpc) is 2.62. The Morgan fingerprint density at radius 1 is 0.652 bits per heavy atom. The van der Waals surface area contributed by atoms with E-state index in [4.69, 9.17) is 15.2 Å². The normalized spacial score (nSPS) is 10.3. The van der Waals surface area contributed by atoms with Crippen LogP contribution in [0.4, 0.5) is 0 Å². The van der Waals surface area contributed by atoms with Crippen molar-refractivity contribution in [3.63, 3.8) is 0 Å². The van der Waals surface area contributed by atoms with Gasteiger partial charge in [0.2, 0.25) is 0 Å². The highest BCUT2D eigenvalue weighted by Gasteiger charge is 2.01. The largest absolute Gasteiger partial charge is 0.489 e. The molecule has 0 saturated heterocycles. The smallest absolute Gasteiger partial charge is 0.131 e. The molecule has 3 rings (SSSR count). The molecular formula is C20H19NO2. The van der Waals surface area contributed by atoms with Crippen LogP contribution < -0.4 is 15.2 Å². The molecule has 0 saturated carbocycles. The number of nitrogens with two attached hydrogens (primary N) is 1. The van der Waals surface area contributed by atoms with Gasteiger partial charge in [0.15, 0.2) is 0 Å². The predicted octanol–water partition coefficient (Wildman–Crippen LogP) is 4.52. The highest BCUT2D eigenvalue weighted by molar-refractivity contribution is 5.37. The Bertz CT molecular complexity index is 739. The van der Waals surface area contributed by atoms with Crippen LogP contribution in [0.3, 0.4) is 0 Å². The first kappa shape index (κ1) is 15.1. The lowest BCUT2D eigenvalue weighted by Crippen LogP contribution is -1.96. The lowest BCUT2D eigenvalue weighted by molar-refractivity contribution is 0.304. The van der Waals surface area contributed by atoms with Crippen molar-refractivity contribution in [3.05, 3.63) is 90.0 Å². The summed E-state index contributed by atoms with van der Waals surface area (Å²) >= 11 is 0. The Morgan fingerprint density at radius 2 is 1.39 bits per heavy atom. The van der Waals surface area contributed by atoms with E-state index < -0.39 is 0 Å². The zero-order valence-electron chi connectivity index (χ0n) is 12.8. The third-order valence-electron chi connectivity index (χ3n) is 3.45. The molecule has 0 radical (unpaired) electrons. The summed E-state index contributed by atoms with van der Waals surface area (Å²) in [5.41, 5.74) is 7.81. The van der Waals surface area contributed by atoms with Crippen LogP contribution in [0.5, 0.6) is 17.2 Å². The summed E-state index contributed by atoms with van der Waals surface area (Å²) in [6.07, 6.45) is 0. The second-order valence-corrected chi connectivity index (χ2v) is 5.20. The van der Waals surface area contributed by atoms with Gasteiger partial charge in [0, 0.05) is 12.6 Å². The number of benzene rings is 3. The van der Waals surface area contributed by atoms with E-state index in [2.05, 4.69) is 0 Å². The molecule has 3 aromatic carbocycles. The van der Waals surface area contributed by atoms with Gasteiger partial charge in [-0.2, -0.15) is 0 Å². The number of hydrogen-bond acceptors (Lipinski definition) is 3. The van der Waals surface area contributed by atoms with Crippen molar-refractivity contribution in [1.82, 2.24) is 0 Å². The Morgan fingerprint density at radius 3 is 2.13 bits per heavy atom. The molecule has 0 aliphatic rings. The minimum absolute atomic E-state index is 0.531. The summed E-state index contributed by atoms with van der Waals surface area (Å²) in [6, 6.07) is 25.5. The van der Waals surface area contributed by atoms with Gasteiger partial charge in [-0.3, -0.25) is 0 Å². The van der Waals surface area contributed by atoms with Crippen LogP contribution in [0.15, 0.2) is 78.9 Å². The third kappa shape index (κ3) is 4.34. The van der Waals surface area contributed by atoms with E-state index >= 15 is 0 Å². The van der Waals surface area contributed by atoms with Gasteiger partial charge in [-0.1, -0.05) is 48.5 Å². The Hall–Kier alpha value is -2.78. The maximum atomic E-state index is 5.85. The minimum atomic E-state index is 0.531. The van der Waals surface area contributed by atoms with Crippen molar-refractivity contribution in [2.45, 2.75) is 13.2 Å². The molecule has 0 bridgehead atoms. The van der Waals surface area contributed by atoms with Crippen LogP contribution in [-0.4, -0.2) is 0 Å². The van der Waals surface area contributed by atoms with Gasteiger partial charge in [-0.15, -0.1) is 0 Å². The number of rotatable bonds is 6. The molecule has 3 aromatic rings. The molecular weight excluding hydrogens is 286 g/mol. The third-order valence-corrected chi connectivity index (χ3v) is 3.45. The molecule has 116 valence electrons. The molecule has 0 amide bonds. The van der Waals surface area contributed by atoms with Crippen LogP contribution in [-0.2, 0) is 13.2 Å². The fraction of sp³-hybridized carbons (Fsp3) is 0.100. The molecule has 0 fully saturated rings. The summed E-state index contributed by atoms with van der Waals surface area (Å²) in [6.45, 7) is 1.07. The van der Waals surface area contributed by atoms with Gasteiger partial charge in [-0.25, -0.2) is 0 Å². The van der Waals surface area contributed by atoms with E-state index in [1.165, 1.54) is 0 Å². The number of ether oxygens (including phenoxy) is 2. The van der Waals surface area contributed by atoms with E-state index in [0.29, 0.717) is 13.2 Å². The summed E-state index contributed by atoms with van der Waals surface area (Å²) < 4.78 is 11.7. The molecule has 0 spiro atoms. The van der Waals surface area contributed by atoms with E-state index in [0.717, 1.165) is 28.4 Å². The van der Waals surface area contributed by atoms with E-state index in [9.17, 15) is 0 Å². The Kier molecular flexibility index (Phi) is 4.92. The first-order valence-electron chi connectivity index (χ1n) is 7.57. The molecule has 0 aromatic heterocycles. The van der Waals surface area contributed by atoms with Crippen LogP contribution in [0, 0.1) is 0 Å². The van der Waals surface area contributed by atoms with Gasteiger partial charge in [0.1, 0.15) is 23.9 Å². The van der Waals surface area contributed by atoms with Crippen molar-refractivity contribution in [2.75, 3.05) is 0 Å². The highest BCUT2D eigenvalue weighted by Crippen LogP contribution is 2.26. The Labute approximate surface area is 136 Å². The standard InChI is InChI=1S/C20H19NO2/c21-14-16-9-11-18(12-10-16)23-20-8-4-7-19(13-20)22-15-17-5-2-1-3-6-17/h1-13H,14-15,21H2.